The number of nitrogens with one attached hydrogen (secondary N) is 2. The van der Waals surface area contributed by atoms with Gasteiger partial charge in [-0.05, 0) is 29.9 Å². The van der Waals surface area contributed by atoms with E-state index in [1.54, 1.807) is 0 Å². The smallest absolute Gasteiger partial charge is 0.245 e. The number of rotatable bonds is 2. The Kier molecular flexibility index (Phi) is 3.67. The molecule has 1 saturated heterocycles. The first-order valence-electron chi connectivity index (χ1n) is 5.81. The Morgan fingerprint density at radius 1 is 1.32 bits per heavy atom. The van der Waals surface area contributed by atoms with Crippen molar-refractivity contribution in [3.05, 3.63) is 29.8 Å². The van der Waals surface area contributed by atoms with Crippen LogP contribution in [-0.2, 0) is 4.79 Å². The summed E-state index contributed by atoms with van der Waals surface area (Å²) in [5, 5.41) is 14.8. The van der Waals surface area contributed by atoms with Gasteiger partial charge in [-0.3, -0.25) is 4.79 Å². The molecule has 1 aromatic carbocycles. The first-order valence-corrected chi connectivity index (χ1v) is 6.22. The van der Waals surface area contributed by atoms with Crippen molar-refractivity contribution >= 4 is 28.9 Å². The van der Waals surface area contributed by atoms with Crippen molar-refractivity contribution in [3.63, 3.8) is 0 Å². The summed E-state index contributed by atoms with van der Waals surface area (Å²) in [5.41, 5.74) is 1.93. The van der Waals surface area contributed by atoms with Gasteiger partial charge in [-0.2, -0.15) is 5.26 Å². The number of amides is 1. The van der Waals surface area contributed by atoms with Gasteiger partial charge in [-0.25, -0.2) is 0 Å². The van der Waals surface area contributed by atoms with E-state index in [2.05, 4.69) is 10.6 Å². The Bertz CT molecular complexity index is 547. The topological polar surface area (TPSA) is 68.2 Å². The highest BCUT2D eigenvalue weighted by Gasteiger charge is 2.34. The third-order valence-corrected chi connectivity index (χ3v) is 3.27. The number of nitriles is 1. The maximum Gasteiger partial charge on any atom is 0.245 e. The molecule has 2 atom stereocenters. The summed E-state index contributed by atoms with van der Waals surface area (Å²) in [6.07, 6.45) is 0. The van der Waals surface area contributed by atoms with E-state index < -0.39 is 12.0 Å². The maximum absolute atomic E-state index is 11.7. The molecule has 19 heavy (non-hydrogen) atoms. The van der Waals surface area contributed by atoms with Gasteiger partial charge < -0.3 is 15.5 Å². The second-order valence-corrected chi connectivity index (χ2v) is 4.94. The van der Waals surface area contributed by atoms with Crippen molar-refractivity contribution in [2.24, 2.45) is 5.92 Å². The van der Waals surface area contributed by atoms with Crippen LogP contribution in [0.5, 0.6) is 0 Å². The highest BCUT2D eigenvalue weighted by atomic mass is 32.1. The standard InChI is InChI=1S/C13H14N4OS/c1-17(2)9-5-3-8(4-6-9)11-10(7-14)12(18)16-13(19)15-11/h3-6,10-11H,1-2H3,(H2,15,16,18,19)/t10-,11-/m0/s1. The van der Waals surface area contributed by atoms with Crippen molar-refractivity contribution in [3.8, 4) is 6.07 Å². The van der Waals surface area contributed by atoms with E-state index in [4.69, 9.17) is 17.5 Å². The number of carbonyl (C=O) groups is 1. The minimum absolute atomic E-state index is 0.262. The molecule has 1 amide bonds. The average Bonchev–Trinajstić information content (AvgIpc) is 2.38. The predicted molar refractivity (Wildman–Crippen MR) is 76.5 cm³/mol. The zero-order chi connectivity index (χ0) is 14.0. The number of thiocarbonyl (C=S) groups is 1. The lowest BCUT2D eigenvalue weighted by Crippen LogP contribution is -2.53. The molecule has 1 aliphatic heterocycles. The Balaban J connectivity index is 2.30. The highest BCUT2D eigenvalue weighted by Crippen LogP contribution is 2.26. The van der Waals surface area contributed by atoms with Gasteiger partial charge >= 0.3 is 0 Å². The van der Waals surface area contributed by atoms with E-state index in [-0.39, 0.29) is 11.0 Å². The largest absolute Gasteiger partial charge is 0.378 e. The Hall–Kier alpha value is -2.13. The third-order valence-electron chi connectivity index (χ3n) is 3.05. The molecular weight excluding hydrogens is 260 g/mol. The minimum Gasteiger partial charge on any atom is -0.378 e. The summed E-state index contributed by atoms with van der Waals surface area (Å²) < 4.78 is 0. The van der Waals surface area contributed by atoms with E-state index in [1.165, 1.54) is 0 Å². The number of anilines is 1. The van der Waals surface area contributed by atoms with Gasteiger partial charge in [0.25, 0.3) is 0 Å². The van der Waals surface area contributed by atoms with E-state index >= 15 is 0 Å². The second kappa shape index (κ2) is 5.24. The summed E-state index contributed by atoms with van der Waals surface area (Å²) in [7, 11) is 3.91. The molecule has 6 heteroatoms. The van der Waals surface area contributed by atoms with E-state index in [0.29, 0.717) is 0 Å². The molecule has 5 nitrogen and oxygen atoms in total. The SMILES string of the molecule is CN(C)c1ccc([C@@H]2NC(=S)NC(=O)[C@H]2C#N)cc1. The molecule has 1 aromatic rings. The van der Waals surface area contributed by atoms with Crippen LogP contribution in [0.2, 0.25) is 0 Å². The molecule has 1 fully saturated rings. The molecular formula is C13H14N4OS. The Morgan fingerprint density at radius 2 is 1.95 bits per heavy atom. The monoisotopic (exact) mass is 274 g/mol. The quantitative estimate of drug-likeness (QED) is 0.786. The van der Waals surface area contributed by atoms with E-state index in [9.17, 15) is 4.79 Å². The maximum atomic E-state index is 11.7. The normalized spacial score (nSPS) is 22.2. The van der Waals surface area contributed by atoms with Crippen LogP contribution < -0.4 is 15.5 Å². The van der Waals surface area contributed by atoms with Gasteiger partial charge in [-0.1, -0.05) is 12.1 Å². The van der Waals surface area contributed by atoms with Crippen LogP contribution in [0.15, 0.2) is 24.3 Å². The minimum atomic E-state index is -0.781. The fraction of sp³-hybridized carbons (Fsp3) is 0.308. The zero-order valence-corrected chi connectivity index (χ0v) is 11.5. The van der Waals surface area contributed by atoms with Crippen LogP contribution in [0.4, 0.5) is 5.69 Å². The molecule has 1 aliphatic rings. The summed E-state index contributed by atoms with van der Waals surface area (Å²) in [5.74, 6) is -1.13. The number of benzene rings is 1. The number of hydrogen-bond acceptors (Lipinski definition) is 4. The molecule has 0 saturated carbocycles. The van der Waals surface area contributed by atoms with Crippen LogP contribution in [0.25, 0.3) is 0 Å². The lowest BCUT2D eigenvalue weighted by Gasteiger charge is -2.29. The van der Waals surface area contributed by atoms with Crippen LogP contribution in [0.1, 0.15) is 11.6 Å². The second-order valence-electron chi connectivity index (χ2n) is 4.53. The van der Waals surface area contributed by atoms with Crippen molar-refractivity contribution in [2.75, 3.05) is 19.0 Å². The van der Waals surface area contributed by atoms with Gasteiger partial charge in [0.05, 0.1) is 12.1 Å². The average molecular weight is 274 g/mol. The third kappa shape index (κ3) is 2.66. The number of hydrogen-bond donors (Lipinski definition) is 2. The molecule has 98 valence electrons. The van der Waals surface area contributed by atoms with Crippen LogP contribution >= 0.6 is 12.2 Å². The predicted octanol–water partition coefficient (Wildman–Crippen LogP) is 0.938. The molecule has 0 spiro atoms. The summed E-state index contributed by atoms with van der Waals surface area (Å²) in [6.45, 7) is 0. The van der Waals surface area contributed by atoms with E-state index in [0.717, 1.165) is 11.3 Å². The van der Waals surface area contributed by atoms with Crippen molar-refractivity contribution in [1.29, 1.82) is 5.26 Å². The van der Waals surface area contributed by atoms with Crippen molar-refractivity contribution < 1.29 is 4.79 Å². The first kappa shape index (κ1) is 13.3. The van der Waals surface area contributed by atoms with Crippen molar-refractivity contribution in [1.82, 2.24) is 10.6 Å². The number of carbonyl (C=O) groups excluding carboxylic acids is 1. The summed E-state index contributed by atoms with van der Waals surface area (Å²) in [6, 6.07) is 9.31. The number of nitrogens with zero attached hydrogens (tertiary/aromatic N) is 2. The van der Waals surface area contributed by atoms with Crippen LogP contribution in [0.3, 0.4) is 0 Å². The molecule has 0 bridgehead atoms. The summed E-state index contributed by atoms with van der Waals surface area (Å²) in [4.78, 5) is 13.7. The Labute approximate surface area is 117 Å². The first-order chi connectivity index (χ1) is 9.02. The van der Waals surface area contributed by atoms with Gasteiger partial charge in [-0.15, -0.1) is 0 Å². The van der Waals surface area contributed by atoms with E-state index in [1.807, 2.05) is 49.3 Å². The van der Waals surface area contributed by atoms with Crippen LogP contribution in [0, 0.1) is 17.2 Å². The van der Waals surface area contributed by atoms with Gasteiger partial charge in [0.15, 0.2) is 5.11 Å². The van der Waals surface area contributed by atoms with Gasteiger partial charge in [0.2, 0.25) is 5.91 Å². The molecule has 2 rings (SSSR count). The van der Waals surface area contributed by atoms with Gasteiger partial charge in [0.1, 0.15) is 5.92 Å². The van der Waals surface area contributed by atoms with Gasteiger partial charge in [0, 0.05) is 19.8 Å². The molecule has 1 heterocycles. The zero-order valence-electron chi connectivity index (χ0n) is 10.7. The van der Waals surface area contributed by atoms with Crippen molar-refractivity contribution in [2.45, 2.75) is 6.04 Å². The highest BCUT2D eigenvalue weighted by molar-refractivity contribution is 7.80. The Morgan fingerprint density at radius 3 is 2.47 bits per heavy atom. The molecule has 0 aromatic heterocycles. The lowest BCUT2D eigenvalue weighted by molar-refractivity contribution is -0.123. The van der Waals surface area contributed by atoms with Crippen LogP contribution in [-0.4, -0.2) is 25.1 Å². The molecule has 0 radical (unpaired) electrons. The molecule has 0 unspecified atom stereocenters. The lowest BCUT2D eigenvalue weighted by atomic mass is 9.92. The molecule has 2 N–H and O–H groups in total. The summed E-state index contributed by atoms with van der Waals surface area (Å²) >= 11 is 4.97. The molecule has 0 aliphatic carbocycles. The fourth-order valence-corrected chi connectivity index (χ4v) is 2.22. The fourth-order valence-electron chi connectivity index (χ4n) is 1.99.